The number of esters is 1. The van der Waals surface area contributed by atoms with Crippen molar-refractivity contribution >= 4 is 43.5 Å². The van der Waals surface area contributed by atoms with Crippen molar-refractivity contribution in [3.8, 4) is 11.1 Å². The predicted molar refractivity (Wildman–Crippen MR) is 123 cm³/mol. The number of ether oxygens (including phenoxy) is 1. The van der Waals surface area contributed by atoms with Gasteiger partial charge >= 0.3 is 5.97 Å². The van der Waals surface area contributed by atoms with Gasteiger partial charge in [0.1, 0.15) is 4.83 Å². The minimum absolute atomic E-state index is 0.0640. The van der Waals surface area contributed by atoms with Gasteiger partial charge in [-0.15, -0.1) is 11.3 Å². The summed E-state index contributed by atoms with van der Waals surface area (Å²) in [5.74, 6) is -0.383. The van der Waals surface area contributed by atoms with Crippen LogP contribution in [0, 0.1) is 0 Å². The summed E-state index contributed by atoms with van der Waals surface area (Å²) >= 11 is 5.04. The molecule has 5 nitrogen and oxygen atoms in total. The van der Waals surface area contributed by atoms with Crippen LogP contribution in [0.15, 0.2) is 64.1 Å². The van der Waals surface area contributed by atoms with Gasteiger partial charge in [0.15, 0.2) is 0 Å². The number of hydrogen-bond acceptors (Lipinski definition) is 5. The summed E-state index contributed by atoms with van der Waals surface area (Å²) < 4.78 is 7.34. The molecule has 0 fully saturated rings. The zero-order valence-electron chi connectivity index (χ0n) is 16.5. The molecule has 0 amide bonds. The van der Waals surface area contributed by atoms with Crippen LogP contribution in [0.5, 0.6) is 0 Å². The minimum Gasteiger partial charge on any atom is -0.465 e. The van der Waals surface area contributed by atoms with Gasteiger partial charge in [-0.3, -0.25) is 9.36 Å². The van der Waals surface area contributed by atoms with Crippen molar-refractivity contribution in [2.75, 3.05) is 7.11 Å². The van der Waals surface area contributed by atoms with Crippen molar-refractivity contribution in [3.63, 3.8) is 0 Å². The van der Waals surface area contributed by atoms with Crippen molar-refractivity contribution in [1.82, 2.24) is 9.55 Å². The van der Waals surface area contributed by atoms with Crippen molar-refractivity contribution in [2.45, 2.75) is 19.9 Å². The average Bonchev–Trinajstić information content (AvgIpc) is 3.15. The zero-order valence-corrected chi connectivity index (χ0v) is 18.9. The third kappa shape index (κ3) is 3.82. The molecule has 4 rings (SSSR count). The van der Waals surface area contributed by atoms with Gasteiger partial charge in [0.2, 0.25) is 0 Å². The van der Waals surface area contributed by atoms with E-state index in [1.807, 2.05) is 36.4 Å². The summed E-state index contributed by atoms with van der Waals surface area (Å²) in [5, 5.41) is 0.660. The number of aromatic nitrogens is 2. The molecular weight excluding hydrogens is 464 g/mol. The van der Waals surface area contributed by atoms with Gasteiger partial charge in [0, 0.05) is 14.9 Å². The van der Waals surface area contributed by atoms with Gasteiger partial charge in [-0.1, -0.05) is 47.1 Å². The van der Waals surface area contributed by atoms with Gasteiger partial charge in [-0.25, -0.2) is 9.78 Å². The van der Waals surface area contributed by atoms with Crippen LogP contribution in [-0.2, 0) is 17.7 Å². The lowest BCUT2D eigenvalue weighted by molar-refractivity contribution is 0.0600. The molecule has 0 spiro atoms. The van der Waals surface area contributed by atoms with Crippen molar-refractivity contribution in [1.29, 1.82) is 0 Å². The Labute approximate surface area is 186 Å². The fourth-order valence-electron chi connectivity index (χ4n) is 3.42. The van der Waals surface area contributed by atoms with Crippen LogP contribution >= 0.6 is 27.3 Å². The minimum atomic E-state index is -0.383. The molecule has 0 N–H and O–H groups in total. The summed E-state index contributed by atoms with van der Waals surface area (Å²) in [5.41, 5.74) is 3.30. The molecule has 0 saturated heterocycles. The molecule has 0 saturated carbocycles. The molecule has 0 atom stereocenters. The number of halogens is 1. The van der Waals surface area contributed by atoms with E-state index in [1.54, 1.807) is 34.4 Å². The average molecular weight is 483 g/mol. The Balaban J connectivity index is 1.78. The predicted octanol–water partition coefficient (Wildman–Crippen LogP) is 5.28. The first-order valence-corrected chi connectivity index (χ1v) is 11.1. The molecule has 0 aliphatic rings. The molecule has 4 aromatic rings. The number of carbonyl (C=O) groups is 1. The molecule has 2 aromatic carbocycles. The largest absolute Gasteiger partial charge is 0.465 e. The normalized spacial score (nSPS) is 11.0. The second-order valence-electron chi connectivity index (χ2n) is 6.81. The van der Waals surface area contributed by atoms with E-state index in [2.05, 4.69) is 27.8 Å². The van der Waals surface area contributed by atoms with Crippen LogP contribution < -0.4 is 5.56 Å². The first kappa shape index (κ1) is 20.5. The number of carbonyl (C=O) groups excluding carboxylic acids is 1. The van der Waals surface area contributed by atoms with E-state index in [-0.39, 0.29) is 11.5 Å². The van der Waals surface area contributed by atoms with Crippen LogP contribution in [0.3, 0.4) is 0 Å². The second-order valence-corrected chi connectivity index (χ2v) is 8.81. The van der Waals surface area contributed by atoms with E-state index in [9.17, 15) is 9.59 Å². The van der Waals surface area contributed by atoms with Gasteiger partial charge in [-0.2, -0.15) is 0 Å². The maximum Gasteiger partial charge on any atom is 0.337 e. The van der Waals surface area contributed by atoms with Gasteiger partial charge in [0.05, 0.1) is 30.9 Å². The van der Waals surface area contributed by atoms with Crippen LogP contribution in [0.1, 0.15) is 27.7 Å². The number of fused-ring (bicyclic) bond motifs is 1. The molecule has 2 aromatic heterocycles. The van der Waals surface area contributed by atoms with Crippen molar-refractivity contribution in [3.05, 3.63) is 85.7 Å². The zero-order chi connectivity index (χ0) is 21.3. The van der Waals surface area contributed by atoms with Crippen LogP contribution in [-0.4, -0.2) is 22.6 Å². The van der Waals surface area contributed by atoms with Crippen LogP contribution in [0.2, 0.25) is 0 Å². The number of rotatable bonds is 5. The molecule has 0 bridgehead atoms. The smallest absolute Gasteiger partial charge is 0.337 e. The lowest BCUT2D eigenvalue weighted by atomic mass is 10.0. The number of methoxy groups -OCH3 is 1. The molecule has 0 aliphatic carbocycles. The van der Waals surface area contributed by atoms with E-state index in [0.717, 1.165) is 37.3 Å². The Morgan fingerprint density at radius 3 is 2.47 bits per heavy atom. The van der Waals surface area contributed by atoms with Gasteiger partial charge in [0.25, 0.3) is 5.56 Å². The van der Waals surface area contributed by atoms with E-state index >= 15 is 0 Å². The molecule has 152 valence electrons. The Morgan fingerprint density at radius 1 is 1.13 bits per heavy atom. The topological polar surface area (TPSA) is 61.2 Å². The fourth-order valence-corrected chi connectivity index (χ4v) is 4.77. The maximum atomic E-state index is 13.4. The second kappa shape index (κ2) is 8.53. The highest BCUT2D eigenvalue weighted by molar-refractivity contribution is 9.10. The lowest BCUT2D eigenvalue weighted by Crippen LogP contribution is -2.21. The number of benzene rings is 2. The third-order valence-corrected chi connectivity index (χ3v) is 6.70. The van der Waals surface area contributed by atoms with Gasteiger partial charge < -0.3 is 4.74 Å². The first-order valence-electron chi connectivity index (χ1n) is 9.45. The molecule has 7 heteroatoms. The SMILES string of the molecule is CCc1sc2ncn(Cc3ccc(C(=O)OC)cc3)c(=O)c2c1-c1ccc(Br)cc1. The highest BCUT2D eigenvalue weighted by Gasteiger charge is 2.18. The van der Waals surface area contributed by atoms with E-state index in [0.29, 0.717) is 17.5 Å². The van der Waals surface area contributed by atoms with Gasteiger partial charge in [-0.05, 0) is 41.8 Å². The summed E-state index contributed by atoms with van der Waals surface area (Å²) in [7, 11) is 1.35. The van der Waals surface area contributed by atoms with Crippen molar-refractivity contribution in [2.24, 2.45) is 0 Å². The lowest BCUT2D eigenvalue weighted by Gasteiger charge is -2.08. The Bertz CT molecular complexity index is 1280. The van der Waals surface area contributed by atoms with Crippen molar-refractivity contribution < 1.29 is 9.53 Å². The standard InChI is InChI=1S/C23H19BrN2O3S/c1-3-18-19(15-8-10-17(24)11-9-15)20-21(30-18)25-13-26(22(20)27)12-14-4-6-16(7-5-14)23(28)29-2/h4-11,13H,3,12H2,1-2H3. The van der Waals surface area contributed by atoms with E-state index < -0.39 is 0 Å². The number of hydrogen-bond donors (Lipinski definition) is 0. The first-order chi connectivity index (χ1) is 14.5. The monoisotopic (exact) mass is 482 g/mol. The quantitative estimate of drug-likeness (QED) is 0.362. The van der Waals surface area contributed by atoms with E-state index in [1.165, 1.54) is 7.11 Å². The highest BCUT2D eigenvalue weighted by atomic mass is 79.9. The Kier molecular flexibility index (Phi) is 5.83. The number of nitrogens with zero attached hydrogens (tertiary/aromatic N) is 2. The number of aryl methyl sites for hydroxylation is 1. The summed E-state index contributed by atoms with van der Waals surface area (Å²) in [4.78, 5) is 31.5. The van der Waals surface area contributed by atoms with E-state index in [4.69, 9.17) is 4.74 Å². The highest BCUT2D eigenvalue weighted by Crippen LogP contribution is 2.36. The molecule has 0 radical (unpaired) electrons. The molecule has 2 heterocycles. The molecular formula is C23H19BrN2O3S. The summed E-state index contributed by atoms with van der Waals surface area (Å²) in [6.07, 6.45) is 2.43. The Morgan fingerprint density at radius 2 is 1.83 bits per heavy atom. The molecule has 30 heavy (non-hydrogen) atoms. The van der Waals surface area contributed by atoms with Crippen LogP contribution in [0.4, 0.5) is 0 Å². The summed E-state index contributed by atoms with van der Waals surface area (Å²) in [6, 6.07) is 15.1. The maximum absolute atomic E-state index is 13.4. The molecule has 0 unspecified atom stereocenters. The summed E-state index contributed by atoms with van der Waals surface area (Å²) in [6.45, 7) is 2.47. The number of thiophene rings is 1. The van der Waals surface area contributed by atoms with Crippen LogP contribution in [0.25, 0.3) is 21.3 Å². The Hall–Kier alpha value is -2.77. The fraction of sp³-hybridized carbons (Fsp3) is 0.174. The molecule has 0 aliphatic heterocycles. The third-order valence-electron chi connectivity index (χ3n) is 4.93.